The number of nitrogens with one attached hydrogen (secondary N) is 1. The molecule has 2 aromatic rings. The second-order valence-electron chi connectivity index (χ2n) is 7.95. The zero-order valence-electron chi connectivity index (χ0n) is 17.3. The first-order valence-corrected chi connectivity index (χ1v) is 11.8. The maximum absolute atomic E-state index is 12.7. The predicted octanol–water partition coefficient (Wildman–Crippen LogP) is 4.53. The Bertz CT molecular complexity index is 896. The van der Waals surface area contributed by atoms with Gasteiger partial charge in [-0.3, -0.25) is 14.5 Å². The number of para-hydroxylation sites is 1. The molecule has 2 aromatic carbocycles. The third kappa shape index (κ3) is 5.43. The lowest BCUT2D eigenvalue weighted by Gasteiger charge is -2.29. The summed E-state index contributed by atoms with van der Waals surface area (Å²) in [6.45, 7) is 3.92. The van der Waals surface area contributed by atoms with Crippen LogP contribution in [0.1, 0.15) is 37.7 Å². The zero-order valence-corrected chi connectivity index (χ0v) is 18.1. The summed E-state index contributed by atoms with van der Waals surface area (Å²) < 4.78 is 0. The van der Waals surface area contributed by atoms with Crippen LogP contribution in [0.25, 0.3) is 0 Å². The Morgan fingerprint density at radius 3 is 2.63 bits per heavy atom. The summed E-state index contributed by atoms with van der Waals surface area (Å²) in [5, 5.41) is 2.96. The minimum Gasteiger partial charge on any atom is -0.326 e. The number of carbonyl (C=O) groups excluding carboxylic acids is 2. The highest BCUT2D eigenvalue weighted by atomic mass is 32.2. The van der Waals surface area contributed by atoms with Crippen molar-refractivity contribution in [3.8, 4) is 0 Å². The molecule has 0 saturated carbocycles. The summed E-state index contributed by atoms with van der Waals surface area (Å²) in [5.74, 6) is 0.786. The second kappa shape index (κ2) is 10.1. The van der Waals surface area contributed by atoms with Gasteiger partial charge in [-0.2, -0.15) is 0 Å². The van der Waals surface area contributed by atoms with E-state index in [0.29, 0.717) is 6.54 Å². The molecule has 0 unspecified atom stereocenters. The topological polar surface area (TPSA) is 52.7 Å². The Balaban J connectivity index is 1.29. The van der Waals surface area contributed by atoms with Crippen LogP contribution in [-0.4, -0.2) is 42.1 Å². The Morgan fingerprint density at radius 1 is 0.933 bits per heavy atom. The van der Waals surface area contributed by atoms with Crippen molar-refractivity contribution in [2.75, 3.05) is 35.6 Å². The number of thioether (sulfide) groups is 1. The fourth-order valence-electron chi connectivity index (χ4n) is 4.13. The maximum Gasteiger partial charge on any atom is 0.227 e. The fourth-order valence-corrected chi connectivity index (χ4v) is 5.13. The molecule has 2 aliphatic rings. The van der Waals surface area contributed by atoms with Gasteiger partial charge >= 0.3 is 0 Å². The van der Waals surface area contributed by atoms with E-state index in [-0.39, 0.29) is 24.7 Å². The molecule has 4 rings (SSSR count). The van der Waals surface area contributed by atoms with Crippen LogP contribution in [0.2, 0.25) is 0 Å². The molecule has 158 valence electrons. The number of benzene rings is 2. The van der Waals surface area contributed by atoms with Gasteiger partial charge in [0.1, 0.15) is 0 Å². The monoisotopic (exact) mass is 423 g/mol. The molecular weight excluding hydrogens is 394 g/mol. The molecule has 0 bridgehead atoms. The van der Waals surface area contributed by atoms with Gasteiger partial charge in [-0.15, -0.1) is 11.8 Å². The zero-order chi connectivity index (χ0) is 20.8. The first-order chi connectivity index (χ1) is 14.7. The molecule has 30 heavy (non-hydrogen) atoms. The van der Waals surface area contributed by atoms with E-state index in [9.17, 15) is 9.59 Å². The molecular formula is C24H29N3O2S. The third-order valence-corrected chi connectivity index (χ3v) is 6.70. The molecule has 5 nitrogen and oxygen atoms in total. The molecule has 6 heteroatoms. The van der Waals surface area contributed by atoms with E-state index in [1.54, 1.807) is 11.8 Å². The van der Waals surface area contributed by atoms with Crippen LogP contribution in [0, 0.1) is 0 Å². The van der Waals surface area contributed by atoms with Crippen molar-refractivity contribution in [3.63, 3.8) is 0 Å². The standard InChI is InChI=1S/C24H29N3O2S/c28-23(11-12-24(29)27-15-16-30-22-10-3-2-9-21(22)27)25-20-8-6-7-19(17-20)18-26-13-4-1-5-14-26/h2-3,6-10,17H,1,4-5,11-16,18H2,(H,25,28). The van der Waals surface area contributed by atoms with E-state index in [1.807, 2.05) is 47.4 Å². The number of rotatable bonds is 6. The van der Waals surface area contributed by atoms with Crippen LogP contribution >= 0.6 is 11.8 Å². The number of amides is 2. The van der Waals surface area contributed by atoms with Gasteiger partial charge in [-0.1, -0.05) is 30.7 Å². The molecule has 0 radical (unpaired) electrons. The number of likely N-dealkylation sites (tertiary alicyclic amines) is 1. The van der Waals surface area contributed by atoms with Gasteiger partial charge in [0.2, 0.25) is 11.8 Å². The smallest absolute Gasteiger partial charge is 0.227 e. The van der Waals surface area contributed by atoms with Crippen LogP contribution < -0.4 is 10.2 Å². The van der Waals surface area contributed by atoms with E-state index < -0.39 is 0 Å². The number of anilines is 2. The van der Waals surface area contributed by atoms with Crippen LogP contribution in [0.15, 0.2) is 53.4 Å². The number of piperidine rings is 1. The SMILES string of the molecule is O=C(CCC(=O)N1CCSc2ccccc21)Nc1cccc(CN2CCCCC2)c1. The van der Waals surface area contributed by atoms with Gasteiger partial charge in [0.05, 0.1) is 5.69 Å². The molecule has 2 amide bonds. The minimum absolute atomic E-state index is 0.0109. The lowest BCUT2D eigenvalue weighted by molar-refractivity contribution is -0.122. The van der Waals surface area contributed by atoms with Gasteiger partial charge < -0.3 is 10.2 Å². The largest absolute Gasteiger partial charge is 0.326 e. The van der Waals surface area contributed by atoms with Crippen LogP contribution in [0.4, 0.5) is 11.4 Å². The summed E-state index contributed by atoms with van der Waals surface area (Å²) >= 11 is 1.77. The predicted molar refractivity (Wildman–Crippen MR) is 123 cm³/mol. The van der Waals surface area contributed by atoms with Gasteiger partial charge in [0.15, 0.2) is 0 Å². The Morgan fingerprint density at radius 2 is 1.77 bits per heavy atom. The van der Waals surface area contributed by atoms with Crippen molar-refractivity contribution < 1.29 is 9.59 Å². The summed E-state index contributed by atoms with van der Waals surface area (Å²) in [6, 6.07) is 16.0. The van der Waals surface area contributed by atoms with Crippen molar-refractivity contribution in [1.82, 2.24) is 4.90 Å². The number of nitrogens with zero attached hydrogens (tertiary/aromatic N) is 2. The van der Waals surface area contributed by atoms with E-state index in [0.717, 1.165) is 41.7 Å². The normalized spacial score (nSPS) is 16.7. The summed E-state index contributed by atoms with van der Waals surface area (Å²) in [5.41, 5.74) is 2.99. The average molecular weight is 424 g/mol. The molecule has 1 N–H and O–H groups in total. The van der Waals surface area contributed by atoms with Crippen molar-refractivity contribution in [3.05, 3.63) is 54.1 Å². The lowest BCUT2D eigenvalue weighted by atomic mass is 10.1. The number of carbonyl (C=O) groups is 2. The number of fused-ring (bicyclic) bond motifs is 1. The molecule has 1 fully saturated rings. The highest BCUT2D eigenvalue weighted by Crippen LogP contribution is 2.34. The second-order valence-corrected chi connectivity index (χ2v) is 9.08. The van der Waals surface area contributed by atoms with Crippen molar-refractivity contribution in [2.24, 2.45) is 0 Å². The summed E-state index contributed by atoms with van der Waals surface area (Å²) in [4.78, 5) is 30.6. The Labute approximate surface area is 182 Å². The molecule has 0 atom stereocenters. The van der Waals surface area contributed by atoms with Crippen LogP contribution in [-0.2, 0) is 16.1 Å². The van der Waals surface area contributed by atoms with Crippen molar-refractivity contribution in [1.29, 1.82) is 0 Å². The lowest BCUT2D eigenvalue weighted by Crippen LogP contribution is -2.35. The minimum atomic E-state index is -0.113. The Hall–Kier alpha value is -2.31. The molecule has 0 aromatic heterocycles. The molecule has 2 heterocycles. The highest BCUT2D eigenvalue weighted by molar-refractivity contribution is 7.99. The maximum atomic E-state index is 12.7. The third-order valence-electron chi connectivity index (χ3n) is 5.66. The van der Waals surface area contributed by atoms with Crippen molar-refractivity contribution in [2.45, 2.75) is 43.5 Å². The molecule has 1 saturated heterocycles. The van der Waals surface area contributed by atoms with Gasteiger partial charge in [-0.05, 0) is 55.8 Å². The molecule has 2 aliphatic heterocycles. The highest BCUT2D eigenvalue weighted by Gasteiger charge is 2.23. The van der Waals surface area contributed by atoms with Crippen LogP contribution in [0.3, 0.4) is 0 Å². The molecule has 0 aliphatic carbocycles. The number of hydrogen-bond acceptors (Lipinski definition) is 4. The van der Waals surface area contributed by atoms with Crippen LogP contribution in [0.5, 0.6) is 0 Å². The van der Waals surface area contributed by atoms with Gasteiger partial charge in [0.25, 0.3) is 0 Å². The van der Waals surface area contributed by atoms with E-state index in [1.165, 1.54) is 24.8 Å². The first-order valence-electron chi connectivity index (χ1n) is 10.8. The quantitative estimate of drug-likeness (QED) is 0.742. The fraction of sp³-hybridized carbons (Fsp3) is 0.417. The Kier molecular flexibility index (Phi) is 7.07. The van der Waals surface area contributed by atoms with E-state index >= 15 is 0 Å². The number of hydrogen-bond donors (Lipinski definition) is 1. The summed E-state index contributed by atoms with van der Waals surface area (Å²) in [7, 11) is 0. The first kappa shape index (κ1) is 20.9. The van der Waals surface area contributed by atoms with Gasteiger partial charge in [-0.25, -0.2) is 0 Å². The van der Waals surface area contributed by atoms with Crippen molar-refractivity contribution >= 4 is 35.0 Å². The van der Waals surface area contributed by atoms with E-state index in [4.69, 9.17) is 0 Å². The molecule has 0 spiro atoms. The van der Waals surface area contributed by atoms with Gasteiger partial charge in [0, 0.05) is 42.3 Å². The summed E-state index contributed by atoms with van der Waals surface area (Å²) in [6.07, 6.45) is 4.28. The average Bonchev–Trinajstić information content (AvgIpc) is 2.78. The van der Waals surface area contributed by atoms with E-state index in [2.05, 4.69) is 16.3 Å².